The second kappa shape index (κ2) is 8.87. The molecule has 1 fully saturated rings. The number of rotatable bonds is 5. The molecule has 2 aromatic carbocycles. The van der Waals surface area contributed by atoms with E-state index in [4.69, 9.17) is 0 Å². The predicted octanol–water partition coefficient (Wildman–Crippen LogP) is 3.31. The number of amides is 2. The molecule has 28 heavy (non-hydrogen) atoms. The normalized spacial score (nSPS) is 15.2. The third kappa shape index (κ3) is 4.88. The van der Waals surface area contributed by atoms with Crippen LogP contribution in [0.3, 0.4) is 0 Å². The van der Waals surface area contributed by atoms with Crippen molar-refractivity contribution >= 4 is 23.2 Å². The molecule has 1 heterocycles. The summed E-state index contributed by atoms with van der Waals surface area (Å²) in [5.74, 6) is -0.638. The number of halogens is 1. The first-order valence-corrected chi connectivity index (χ1v) is 9.59. The van der Waals surface area contributed by atoms with Crippen molar-refractivity contribution in [3.8, 4) is 0 Å². The van der Waals surface area contributed by atoms with Crippen molar-refractivity contribution in [3.05, 3.63) is 59.9 Å². The van der Waals surface area contributed by atoms with Crippen molar-refractivity contribution in [3.63, 3.8) is 0 Å². The Morgan fingerprint density at radius 2 is 1.68 bits per heavy atom. The average Bonchev–Trinajstić information content (AvgIpc) is 2.70. The van der Waals surface area contributed by atoms with E-state index >= 15 is 0 Å². The summed E-state index contributed by atoms with van der Waals surface area (Å²) in [5.41, 5.74) is 2.34. The van der Waals surface area contributed by atoms with E-state index in [-0.39, 0.29) is 23.5 Å². The number of benzene rings is 2. The summed E-state index contributed by atoms with van der Waals surface area (Å²) >= 11 is 0. The maximum absolute atomic E-state index is 13.8. The van der Waals surface area contributed by atoms with Gasteiger partial charge in [-0.25, -0.2) is 4.39 Å². The first kappa shape index (κ1) is 19.9. The zero-order valence-electron chi connectivity index (χ0n) is 16.3. The van der Waals surface area contributed by atoms with E-state index in [1.807, 2.05) is 29.2 Å². The lowest BCUT2D eigenvalue weighted by Crippen LogP contribution is -2.48. The number of carbonyl (C=O) groups is 2. The third-order valence-corrected chi connectivity index (χ3v) is 5.16. The van der Waals surface area contributed by atoms with Gasteiger partial charge in [0, 0.05) is 50.4 Å². The Balaban J connectivity index is 1.54. The van der Waals surface area contributed by atoms with E-state index in [2.05, 4.69) is 10.2 Å². The largest absolute Gasteiger partial charge is 0.368 e. The highest BCUT2D eigenvalue weighted by molar-refractivity contribution is 5.92. The Bertz CT molecular complexity index is 830. The quantitative estimate of drug-likeness (QED) is 0.862. The number of carbonyl (C=O) groups excluding carboxylic acids is 2. The lowest BCUT2D eigenvalue weighted by molar-refractivity contribution is -0.129. The summed E-state index contributed by atoms with van der Waals surface area (Å²) in [5, 5.41) is 2.90. The molecule has 1 aliphatic heterocycles. The first-order chi connectivity index (χ1) is 13.4. The molecule has 2 aromatic rings. The van der Waals surface area contributed by atoms with Crippen LogP contribution in [-0.4, -0.2) is 42.9 Å². The summed E-state index contributed by atoms with van der Waals surface area (Å²) in [6.45, 7) is 6.43. The lowest BCUT2D eigenvalue weighted by atomic mass is 10.00. The van der Waals surface area contributed by atoms with Crippen LogP contribution < -0.4 is 10.2 Å². The molecule has 1 aliphatic rings. The zero-order chi connectivity index (χ0) is 20.1. The molecule has 6 heteroatoms. The van der Waals surface area contributed by atoms with Gasteiger partial charge >= 0.3 is 0 Å². The number of nitrogens with zero attached hydrogens (tertiary/aromatic N) is 2. The molecule has 3 rings (SSSR count). The zero-order valence-corrected chi connectivity index (χ0v) is 16.3. The third-order valence-electron chi connectivity index (χ3n) is 5.16. The van der Waals surface area contributed by atoms with Crippen molar-refractivity contribution in [2.24, 2.45) is 5.92 Å². The summed E-state index contributed by atoms with van der Waals surface area (Å²) in [7, 11) is 0. The van der Waals surface area contributed by atoms with Crippen LogP contribution in [0.25, 0.3) is 0 Å². The van der Waals surface area contributed by atoms with Crippen molar-refractivity contribution in [2.75, 3.05) is 36.4 Å². The monoisotopic (exact) mass is 383 g/mol. The number of anilines is 2. The lowest BCUT2D eigenvalue weighted by Gasteiger charge is -2.35. The van der Waals surface area contributed by atoms with E-state index < -0.39 is 0 Å². The minimum Gasteiger partial charge on any atom is -0.368 e. The van der Waals surface area contributed by atoms with Crippen LogP contribution in [0.15, 0.2) is 48.5 Å². The molecule has 0 aromatic heterocycles. The Labute approximate surface area is 165 Å². The molecule has 0 radical (unpaired) electrons. The van der Waals surface area contributed by atoms with Gasteiger partial charge in [-0.05, 0) is 42.3 Å². The van der Waals surface area contributed by atoms with Gasteiger partial charge in [-0.2, -0.15) is 0 Å². The molecule has 1 saturated heterocycles. The Morgan fingerprint density at radius 1 is 1.04 bits per heavy atom. The fourth-order valence-electron chi connectivity index (χ4n) is 3.39. The second-order valence-corrected chi connectivity index (χ2v) is 7.23. The van der Waals surface area contributed by atoms with E-state index in [0.29, 0.717) is 12.0 Å². The molecule has 0 aliphatic carbocycles. The van der Waals surface area contributed by atoms with Crippen LogP contribution in [0.4, 0.5) is 15.8 Å². The molecule has 1 N–H and O–H groups in total. The van der Waals surface area contributed by atoms with Gasteiger partial charge in [0.1, 0.15) is 5.82 Å². The van der Waals surface area contributed by atoms with Crippen molar-refractivity contribution < 1.29 is 14.0 Å². The van der Waals surface area contributed by atoms with E-state index in [1.54, 1.807) is 32.0 Å². The standard InChI is InChI=1S/C22H26FN3O2/c1-16(15-18-5-3-4-6-21(18)23)22(28)24-19-7-9-20(10-8-19)26-13-11-25(12-14-26)17(2)27/h3-10,16H,11-15H2,1-2H3,(H,24,28). The summed E-state index contributed by atoms with van der Waals surface area (Å²) in [4.78, 5) is 27.9. The molecule has 5 nitrogen and oxygen atoms in total. The highest BCUT2D eigenvalue weighted by Gasteiger charge is 2.19. The van der Waals surface area contributed by atoms with Crippen molar-refractivity contribution in [2.45, 2.75) is 20.3 Å². The molecule has 0 bridgehead atoms. The van der Waals surface area contributed by atoms with E-state index in [0.717, 1.165) is 37.6 Å². The van der Waals surface area contributed by atoms with E-state index in [1.165, 1.54) is 6.07 Å². The smallest absolute Gasteiger partial charge is 0.227 e. The van der Waals surface area contributed by atoms with Crippen LogP contribution in [-0.2, 0) is 16.0 Å². The molecule has 2 amide bonds. The van der Waals surface area contributed by atoms with Crippen molar-refractivity contribution in [1.82, 2.24) is 4.90 Å². The molecule has 148 valence electrons. The highest BCUT2D eigenvalue weighted by Crippen LogP contribution is 2.21. The van der Waals surface area contributed by atoms with Gasteiger partial charge in [0.15, 0.2) is 0 Å². The molecule has 0 saturated carbocycles. The molecular weight excluding hydrogens is 357 g/mol. The maximum atomic E-state index is 13.8. The van der Waals surface area contributed by atoms with Crippen LogP contribution in [0.5, 0.6) is 0 Å². The van der Waals surface area contributed by atoms with Gasteiger partial charge in [0.25, 0.3) is 0 Å². The van der Waals surface area contributed by atoms with Gasteiger partial charge in [0.2, 0.25) is 11.8 Å². The van der Waals surface area contributed by atoms with Gasteiger partial charge in [0.05, 0.1) is 0 Å². The Kier molecular flexibility index (Phi) is 6.29. The van der Waals surface area contributed by atoms with Crippen molar-refractivity contribution in [1.29, 1.82) is 0 Å². The number of nitrogens with one attached hydrogen (secondary N) is 1. The topological polar surface area (TPSA) is 52.7 Å². The SMILES string of the molecule is CC(=O)N1CCN(c2ccc(NC(=O)C(C)Cc3ccccc3F)cc2)CC1. The molecular formula is C22H26FN3O2. The van der Waals surface area contributed by atoms with Gasteiger partial charge in [-0.3, -0.25) is 9.59 Å². The number of hydrogen-bond donors (Lipinski definition) is 1. The van der Waals surface area contributed by atoms with Gasteiger partial charge in [-0.1, -0.05) is 25.1 Å². The maximum Gasteiger partial charge on any atom is 0.227 e. The Hall–Kier alpha value is -2.89. The van der Waals surface area contributed by atoms with Gasteiger partial charge < -0.3 is 15.1 Å². The van der Waals surface area contributed by atoms with Crippen LogP contribution in [0, 0.1) is 11.7 Å². The second-order valence-electron chi connectivity index (χ2n) is 7.23. The van der Waals surface area contributed by atoms with Crippen LogP contribution in [0.2, 0.25) is 0 Å². The fraction of sp³-hybridized carbons (Fsp3) is 0.364. The van der Waals surface area contributed by atoms with Crippen LogP contribution >= 0.6 is 0 Å². The molecule has 1 unspecified atom stereocenters. The average molecular weight is 383 g/mol. The Morgan fingerprint density at radius 3 is 2.29 bits per heavy atom. The first-order valence-electron chi connectivity index (χ1n) is 9.59. The van der Waals surface area contributed by atoms with E-state index in [9.17, 15) is 14.0 Å². The van der Waals surface area contributed by atoms with Crippen LogP contribution in [0.1, 0.15) is 19.4 Å². The molecule has 1 atom stereocenters. The summed E-state index contributed by atoms with van der Waals surface area (Å²) in [6, 6.07) is 14.2. The highest BCUT2D eigenvalue weighted by atomic mass is 19.1. The summed E-state index contributed by atoms with van der Waals surface area (Å²) in [6.07, 6.45) is 0.358. The van der Waals surface area contributed by atoms with Gasteiger partial charge in [-0.15, -0.1) is 0 Å². The number of hydrogen-bond acceptors (Lipinski definition) is 3. The number of piperazine rings is 1. The molecule has 0 spiro atoms. The predicted molar refractivity (Wildman–Crippen MR) is 109 cm³/mol. The minimum absolute atomic E-state index is 0.113. The fourth-order valence-corrected chi connectivity index (χ4v) is 3.39. The minimum atomic E-state index is -0.337. The summed E-state index contributed by atoms with van der Waals surface area (Å²) < 4.78 is 13.8.